The van der Waals surface area contributed by atoms with Crippen LogP contribution < -0.4 is 5.32 Å². The third-order valence-corrected chi connectivity index (χ3v) is 4.07. The molecule has 1 saturated carbocycles. The molecule has 0 saturated heterocycles. The van der Waals surface area contributed by atoms with Gasteiger partial charge >= 0.3 is 0 Å². The maximum Gasteiger partial charge on any atom is 0.0526 e. The van der Waals surface area contributed by atoms with Gasteiger partial charge in [-0.2, -0.15) is 0 Å². The maximum absolute atomic E-state index is 9.44. The van der Waals surface area contributed by atoms with E-state index in [2.05, 4.69) is 33.0 Å². The van der Waals surface area contributed by atoms with Crippen LogP contribution >= 0.6 is 0 Å². The molecule has 2 nitrogen and oxygen atoms in total. The van der Waals surface area contributed by atoms with E-state index >= 15 is 0 Å². The van der Waals surface area contributed by atoms with Crippen molar-refractivity contribution in [1.29, 1.82) is 0 Å². The summed E-state index contributed by atoms with van der Waals surface area (Å²) in [6.07, 6.45) is 6.03. The van der Waals surface area contributed by atoms with Gasteiger partial charge < -0.3 is 10.4 Å². The van der Waals surface area contributed by atoms with Crippen molar-refractivity contribution in [2.45, 2.75) is 84.9 Å². The molecule has 1 aliphatic rings. The van der Waals surface area contributed by atoms with E-state index in [1.54, 1.807) is 0 Å². The highest BCUT2D eigenvalue weighted by Crippen LogP contribution is 2.38. The van der Waals surface area contributed by atoms with E-state index in [0.29, 0.717) is 17.5 Å². The molecule has 0 amide bonds. The summed E-state index contributed by atoms with van der Waals surface area (Å²) < 4.78 is 0. The Balaban J connectivity index is 2.54. The minimum atomic E-state index is -0.200. The van der Waals surface area contributed by atoms with Gasteiger partial charge in [-0.1, -0.05) is 33.6 Å². The van der Waals surface area contributed by atoms with Gasteiger partial charge in [0.25, 0.3) is 0 Å². The van der Waals surface area contributed by atoms with Crippen molar-refractivity contribution in [3.63, 3.8) is 0 Å². The molecular weight excluding hydrogens is 210 g/mol. The molecule has 102 valence electrons. The molecule has 0 aromatic rings. The van der Waals surface area contributed by atoms with Gasteiger partial charge in [0.2, 0.25) is 0 Å². The predicted molar refractivity (Wildman–Crippen MR) is 74.1 cm³/mol. The van der Waals surface area contributed by atoms with Crippen LogP contribution in [0, 0.1) is 11.3 Å². The van der Waals surface area contributed by atoms with Crippen molar-refractivity contribution in [3.8, 4) is 0 Å². The van der Waals surface area contributed by atoms with E-state index < -0.39 is 0 Å². The summed E-state index contributed by atoms with van der Waals surface area (Å²) in [7, 11) is 0. The van der Waals surface area contributed by atoms with E-state index in [1.165, 1.54) is 25.7 Å². The second-order valence-corrected chi connectivity index (χ2v) is 7.02. The molecule has 0 aromatic heterocycles. The van der Waals surface area contributed by atoms with Gasteiger partial charge in [0.15, 0.2) is 0 Å². The zero-order valence-corrected chi connectivity index (χ0v) is 12.3. The summed E-state index contributed by atoms with van der Waals surface area (Å²) >= 11 is 0. The molecule has 17 heavy (non-hydrogen) atoms. The minimum absolute atomic E-state index is 0.200. The first-order chi connectivity index (χ1) is 7.80. The molecule has 0 spiro atoms. The molecule has 2 heteroatoms. The number of nitrogens with one attached hydrogen (secondary N) is 1. The van der Waals surface area contributed by atoms with E-state index in [1.807, 2.05) is 6.92 Å². The Hall–Kier alpha value is -0.0800. The minimum Gasteiger partial charge on any atom is -0.393 e. The lowest BCUT2D eigenvalue weighted by molar-refractivity contribution is 0.112. The molecule has 0 aliphatic heterocycles. The molecule has 1 aliphatic carbocycles. The molecule has 1 fully saturated rings. The van der Waals surface area contributed by atoms with Crippen LogP contribution in [0.25, 0.3) is 0 Å². The Labute approximate surface area is 107 Å². The Kier molecular flexibility index (Phi) is 5.46. The van der Waals surface area contributed by atoms with Crippen molar-refractivity contribution in [2.24, 2.45) is 11.3 Å². The molecule has 2 N–H and O–H groups in total. The molecule has 0 bridgehead atoms. The topological polar surface area (TPSA) is 32.3 Å². The molecular formula is C15H31NO. The van der Waals surface area contributed by atoms with Gasteiger partial charge in [-0.25, -0.2) is 0 Å². The Morgan fingerprint density at radius 3 is 2.29 bits per heavy atom. The van der Waals surface area contributed by atoms with Crippen molar-refractivity contribution in [1.82, 2.24) is 5.32 Å². The molecule has 4 unspecified atom stereocenters. The standard InChI is InChI=1S/C15H31NO/c1-11(10-12(2)17)16-14-9-7-6-8-13(14)15(3,4)5/h11-14,16-17H,6-10H2,1-5H3. The highest BCUT2D eigenvalue weighted by Gasteiger charge is 2.34. The summed E-state index contributed by atoms with van der Waals surface area (Å²) in [5, 5.41) is 13.2. The fourth-order valence-electron chi connectivity index (χ4n) is 3.31. The average Bonchev–Trinajstić information content (AvgIpc) is 2.15. The smallest absolute Gasteiger partial charge is 0.0526 e. The quantitative estimate of drug-likeness (QED) is 0.791. The number of aliphatic hydroxyl groups is 1. The first-order valence-electron chi connectivity index (χ1n) is 7.25. The normalized spacial score (nSPS) is 30.0. The van der Waals surface area contributed by atoms with Crippen LogP contribution in [0.1, 0.15) is 66.7 Å². The lowest BCUT2D eigenvalue weighted by Crippen LogP contribution is -2.48. The SMILES string of the molecule is CC(O)CC(C)NC1CCCCC1C(C)(C)C. The van der Waals surface area contributed by atoms with Crippen molar-refractivity contribution >= 4 is 0 Å². The first kappa shape index (κ1) is 15.0. The number of hydrogen-bond acceptors (Lipinski definition) is 2. The molecule has 0 aromatic carbocycles. The summed E-state index contributed by atoms with van der Waals surface area (Å²) in [5.74, 6) is 0.771. The molecule has 0 radical (unpaired) electrons. The fourth-order valence-corrected chi connectivity index (χ4v) is 3.31. The van der Waals surface area contributed by atoms with Crippen LogP contribution in [0.15, 0.2) is 0 Å². The third-order valence-electron chi connectivity index (χ3n) is 4.07. The zero-order valence-electron chi connectivity index (χ0n) is 12.3. The first-order valence-corrected chi connectivity index (χ1v) is 7.25. The summed E-state index contributed by atoms with van der Waals surface area (Å²) in [4.78, 5) is 0. The third kappa shape index (κ3) is 4.97. The van der Waals surface area contributed by atoms with Crippen molar-refractivity contribution in [2.75, 3.05) is 0 Å². The molecule has 0 heterocycles. The number of aliphatic hydroxyl groups excluding tert-OH is 1. The van der Waals surface area contributed by atoms with E-state index in [4.69, 9.17) is 0 Å². The largest absolute Gasteiger partial charge is 0.393 e. The van der Waals surface area contributed by atoms with Crippen LogP contribution in [0.5, 0.6) is 0 Å². The van der Waals surface area contributed by atoms with E-state index in [0.717, 1.165) is 12.3 Å². The van der Waals surface area contributed by atoms with Crippen molar-refractivity contribution < 1.29 is 5.11 Å². The maximum atomic E-state index is 9.44. The highest BCUT2D eigenvalue weighted by molar-refractivity contribution is 4.89. The van der Waals surface area contributed by atoms with Crippen LogP contribution in [-0.2, 0) is 0 Å². The van der Waals surface area contributed by atoms with E-state index in [9.17, 15) is 5.11 Å². The molecule has 1 rings (SSSR count). The van der Waals surface area contributed by atoms with Crippen molar-refractivity contribution in [3.05, 3.63) is 0 Å². The monoisotopic (exact) mass is 241 g/mol. The Bertz CT molecular complexity index is 219. The average molecular weight is 241 g/mol. The van der Waals surface area contributed by atoms with Gasteiger partial charge in [0.05, 0.1) is 6.10 Å². The van der Waals surface area contributed by atoms with Gasteiger partial charge in [-0.3, -0.25) is 0 Å². The van der Waals surface area contributed by atoms with Gasteiger partial charge in [-0.05, 0) is 44.4 Å². The van der Waals surface area contributed by atoms with Gasteiger partial charge in [-0.15, -0.1) is 0 Å². The summed E-state index contributed by atoms with van der Waals surface area (Å²) in [5.41, 5.74) is 0.392. The second kappa shape index (κ2) is 6.19. The summed E-state index contributed by atoms with van der Waals surface area (Å²) in [6.45, 7) is 11.1. The lowest BCUT2D eigenvalue weighted by atomic mass is 9.69. The van der Waals surface area contributed by atoms with Crippen LogP contribution in [0.4, 0.5) is 0 Å². The molecule has 4 atom stereocenters. The number of rotatable bonds is 4. The summed E-state index contributed by atoms with van der Waals surface area (Å²) in [6, 6.07) is 1.06. The van der Waals surface area contributed by atoms with Crippen LogP contribution in [0.2, 0.25) is 0 Å². The van der Waals surface area contributed by atoms with E-state index in [-0.39, 0.29) is 6.10 Å². The highest BCUT2D eigenvalue weighted by atomic mass is 16.3. The van der Waals surface area contributed by atoms with Gasteiger partial charge in [0.1, 0.15) is 0 Å². The zero-order chi connectivity index (χ0) is 13.1. The Morgan fingerprint density at radius 2 is 1.76 bits per heavy atom. The number of hydrogen-bond donors (Lipinski definition) is 2. The second-order valence-electron chi connectivity index (χ2n) is 7.02. The van der Waals surface area contributed by atoms with Crippen LogP contribution in [0.3, 0.4) is 0 Å². The fraction of sp³-hybridized carbons (Fsp3) is 1.00. The van der Waals surface area contributed by atoms with Gasteiger partial charge in [0, 0.05) is 12.1 Å². The lowest BCUT2D eigenvalue weighted by Gasteiger charge is -2.42. The predicted octanol–water partition coefficient (Wildman–Crippen LogP) is 3.34. The Morgan fingerprint density at radius 1 is 1.18 bits per heavy atom. The van der Waals surface area contributed by atoms with Crippen LogP contribution in [-0.4, -0.2) is 23.3 Å².